The summed E-state index contributed by atoms with van der Waals surface area (Å²) in [7, 11) is 0. The maximum Gasteiger partial charge on any atom is 0.337 e. The van der Waals surface area contributed by atoms with Crippen LogP contribution in [0.25, 0.3) is 0 Å². The molecule has 2 amide bonds. The van der Waals surface area contributed by atoms with Gasteiger partial charge >= 0.3 is 6.03 Å². The molecular formula is C6H11N3O2. The first-order valence-corrected chi connectivity index (χ1v) is 3.43. The number of hydrogen-bond donors (Lipinski definition) is 1. The number of ether oxygens (including phenoxy) is 1. The molecule has 0 saturated carbocycles. The maximum absolute atomic E-state index is 11.0. The minimum absolute atomic E-state index is 0.205. The van der Waals surface area contributed by atoms with Crippen LogP contribution in [0.5, 0.6) is 0 Å². The molecule has 0 atom stereocenters. The van der Waals surface area contributed by atoms with Gasteiger partial charge in [0, 0.05) is 19.8 Å². The van der Waals surface area contributed by atoms with Crippen LogP contribution in [-0.2, 0) is 4.74 Å². The standard InChI is InChI=1S/C6H11N3O2/c1-7-8-6(10)9-2-4-11-5-3-9/h1-5H2,(H,8,10). The number of rotatable bonds is 1. The quantitative estimate of drug-likeness (QED) is 0.417. The summed E-state index contributed by atoms with van der Waals surface area (Å²) in [6, 6.07) is -0.205. The lowest BCUT2D eigenvalue weighted by Crippen LogP contribution is -2.44. The Kier molecular flexibility index (Phi) is 2.85. The summed E-state index contributed by atoms with van der Waals surface area (Å²) >= 11 is 0. The van der Waals surface area contributed by atoms with Crippen LogP contribution in [0.1, 0.15) is 0 Å². The molecule has 1 N–H and O–H groups in total. The first-order valence-electron chi connectivity index (χ1n) is 3.43. The van der Waals surface area contributed by atoms with Crippen molar-refractivity contribution in [2.24, 2.45) is 5.10 Å². The van der Waals surface area contributed by atoms with Gasteiger partial charge in [-0.1, -0.05) is 0 Å². The van der Waals surface area contributed by atoms with Crippen molar-refractivity contribution >= 4 is 12.7 Å². The van der Waals surface area contributed by atoms with E-state index in [2.05, 4.69) is 17.2 Å². The smallest absolute Gasteiger partial charge is 0.337 e. The van der Waals surface area contributed by atoms with Crippen LogP contribution in [0, 0.1) is 0 Å². The summed E-state index contributed by atoms with van der Waals surface area (Å²) in [6.07, 6.45) is 0. The molecule has 5 heteroatoms. The zero-order chi connectivity index (χ0) is 8.10. The van der Waals surface area contributed by atoms with Crippen LogP contribution in [0.15, 0.2) is 5.10 Å². The Labute approximate surface area is 65.0 Å². The fourth-order valence-electron chi connectivity index (χ4n) is 0.905. The summed E-state index contributed by atoms with van der Waals surface area (Å²) in [5, 5.41) is 3.28. The minimum Gasteiger partial charge on any atom is -0.378 e. The van der Waals surface area contributed by atoms with E-state index in [0.29, 0.717) is 26.3 Å². The lowest BCUT2D eigenvalue weighted by molar-refractivity contribution is 0.0533. The molecule has 1 aliphatic heterocycles. The highest BCUT2D eigenvalue weighted by Crippen LogP contribution is 1.96. The summed E-state index contributed by atoms with van der Waals surface area (Å²) in [5.41, 5.74) is 2.26. The maximum atomic E-state index is 11.0. The van der Waals surface area contributed by atoms with E-state index < -0.39 is 0 Å². The van der Waals surface area contributed by atoms with Gasteiger partial charge in [0.15, 0.2) is 0 Å². The average Bonchev–Trinajstić information content (AvgIpc) is 2.07. The molecule has 62 valence electrons. The normalized spacial score (nSPS) is 17.6. The van der Waals surface area contributed by atoms with E-state index >= 15 is 0 Å². The highest BCUT2D eigenvalue weighted by atomic mass is 16.5. The minimum atomic E-state index is -0.205. The SMILES string of the molecule is C=NNC(=O)N1CCOCC1. The van der Waals surface area contributed by atoms with Crippen LogP contribution < -0.4 is 5.43 Å². The molecule has 1 rings (SSSR count). The Morgan fingerprint density at radius 3 is 2.73 bits per heavy atom. The van der Waals surface area contributed by atoms with E-state index in [0.717, 1.165) is 0 Å². The molecular weight excluding hydrogens is 146 g/mol. The van der Waals surface area contributed by atoms with Gasteiger partial charge in [-0.25, -0.2) is 10.2 Å². The van der Waals surface area contributed by atoms with E-state index in [9.17, 15) is 4.79 Å². The number of morpholine rings is 1. The Morgan fingerprint density at radius 2 is 2.18 bits per heavy atom. The Morgan fingerprint density at radius 1 is 1.55 bits per heavy atom. The molecule has 1 saturated heterocycles. The fourth-order valence-corrected chi connectivity index (χ4v) is 0.905. The number of hydrogen-bond acceptors (Lipinski definition) is 3. The molecule has 0 aromatic rings. The number of nitrogens with zero attached hydrogens (tertiary/aromatic N) is 2. The van der Waals surface area contributed by atoms with E-state index in [1.807, 2.05) is 0 Å². The predicted molar refractivity (Wildman–Crippen MR) is 40.5 cm³/mol. The number of amides is 2. The lowest BCUT2D eigenvalue weighted by atomic mass is 10.4. The van der Waals surface area contributed by atoms with Gasteiger partial charge in [-0.15, -0.1) is 0 Å². The first kappa shape index (κ1) is 8.00. The number of hydrazone groups is 1. The van der Waals surface area contributed by atoms with Gasteiger partial charge < -0.3 is 9.64 Å². The van der Waals surface area contributed by atoms with Crippen LogP contribution in [0.4, 0.5) is 4.79 Å². The van der Waals surface area contributed by atoms with E-state index in [4.69, 9.17) is 4.74 Å². The summed E-state index contributed by atoms with van der Waals surface area (Å²) in [6.45, 7) is 5.61. The lowest BCUT2D eigenvalue weighted by Gasteiger charge is -2.25. The molecule has 1 fully saturated rings. The third-order valence-electron chi connectivity index (χ3n) is 1.47. The number of urea groups is 1. The number of carbonyl (C=O) groups is 1. The molecule has 0 radical (unpaired) electrons. The van der Waals surface area contributed by atoms with Gasteiger partial charge in [0.25, 0.3) is 0 Å². The first-order chi connectivity index (χ1) is 5.34. The highest BCUT2D eigenvalue weighted by molar-refractivity contribution is 5.74. The average molecular weight is 157 g/mol. The van der Waals surface area contributed by atoms with Crippen LogP contribution in [0.2, 0.25) is 0 Å². The van der Waals surface area contributed by atoms with Crippen LogP contribution in [0.3, 0.4) is 0 Å². The van der Waals surface area contributed by atoms with Gasteiger partial charge in [0.2, 0.25) is 0 Å². The molecule has 1 heterocycles. The number of nitrogens with one attached hydrogen (secondary N) is 1. The third-order valence-corrected chi connectivity index (χ3v) is 1.47. The van der Waals surface area contributed by atoms with Gasteiger partial charge in [0.1, 0.15) is 0 Å². The van der Waals surface area contributed by atoms with Crippen molar-refractivity contribution in [2.75, 3.05) is 26.3 Å². The van der Waals surface area contributed by atoms with Crippen molar-refractivity contribution in [2.45, 2.75) is 0 Å². The van der Waals surface area contributed by atoms with E-state index in [1.165, 1.54) is 0 Å². The zero-order valence-electron chi connectivity index (χ0n) is 6.25. The van der Waals surface area contributed by atoms with Crippen molar-refractivity contribution in [3.8, 4) is 0 Å². The van der Waals surface area contributed by atoms with Crippen molar-refractivity contribution < 1.29 is 9.53 Å². The summed E-state index contributed by atoms with van der Waals surface area (Å²) in [4.78, 5) is 12.7. The molecule has 0 aromatic carbocycles. The zero-order valence-corrected chi connectivity index (χ0v) is 6.25. The van der Waals surface area contributed by atoms with Crippen LogP contribution >= 0.6 is 0 Å². The van der Waals surface area contributed by atoms with Crippen molar-refractivity contribution in [3.63, 3.8) is 0 Å². The molecule has 11 heavy (non-hydrogen) atoms. The summed E-state index contributed by atoms with van der Waals surface area (Å²) < 4.78 is 5.06. The van der Waals surface area contributed by atoms with E-state index in [1.54, 1.807) is 4.90 Å². The van der Waals surface area contributed by atoms with Gasteiger partial charge in [-0.2, -0.15) is 5.10 Å². The molecule has 0 bridgehead atoms. The Hall–Kier alpha value is -1.10. The predicted octanol–water partition coefficient (Wildman–Crippen LogP) is -0.356. The molecule has 5 nitrogen and oxygen atoms in total. The second-order valence-electron chi connectivity index (χ2n) is 2.17. The monoisotopic (exact) mass is 157 g/mol. The second-order valence-corrected chi connectivity index (χ2v) is 2.17. The third kappa shape index (κ3) is 2.19. The van der Waals surface area contributed by atoms with Crippen molar-refractivity contribution in [1.82, 2.24) is 10.3 Å². The molecule has 0 aliphatic carbocycles. The Bertz CT molecular complexity index is 154. The molecule has 0 spiro atoms. The van der Waals surface area contributed by atoms with Gasteiger partial charge in [0.05, 0.1) is 13.2 Å². The Balaban J connectivity index is 2.32. The van der Waals surface area contributed by atoms with Gasteiger partial charge in [-0.05, 0) is 0 Å². The van der Waals surface area contributed by atoms with Crippen molar-refractivity contribution in [1.29, 1.82) is 0 Å². The van der Waals surface area contributed by atoms with E-state index in [-0.39, 0.29) is 6.03 Å². The number of carbonyl (C=O) groups excluding carboxylic acids is 1. The second kappa shape index (κ2) is 3.92. The van der Waals surface area contributed by atoms with Crippen LogP contribution in [-0.4, -0.2) is 44.0 Å². The topological polar surface area (TPSA) is 53.9 Å². The molecule has 0 aromatic heterocycles. The summed E-state index contributed by atoms with van der Waals surface area (Å²) in [5.74, 6) is 0. The highest BCUT2D eigenvalue weighted by Gasteiger charge is 2.15. The van der Waals surface area contributed by atoms with Gasteiger partial charge in [-0.3, -0.25) is 0 Å². The molecule has 0 unspecified atom stereocenters. The van der Waals surface area contributed by atoms with Crippen molar-refractivity contribution in [3.05, 3.63) is 0 Å². The fraction of sp³-hybridized carbons (Fsp3) is 0.667. The largest absolute Gasteiger partial charge is 0.378 e. The molecule has 1 aliphatic rings.